The predicted molar refractivity (Wildman–Crippen MR) is 87.8 cm³/mol. The molecule has 0 spiro atoms. The highest BCUT2D eigenvalue weighted by Crippen LogP contribution is 2.17. The van der Waals surface area contributed by atoms with E-state index in [0.717, 1.165) is 6.54 Å². The van der Waals surface area contributed by atoms with Gasteiger partial charge in [0, 0.05) is 18.7 Å². The molecule has 2 rings (SSSR count). The molecule has 0 unspecified atom stereocenters. The van der Waals surface area contributed by atoms with Crippen molar-refractivity contribution in [3.8, 4) is 6.07 Å². The van der Waals surface area contributed by atoms with Gasteiger partial charge in [0.25, 0.3) is 0 Å². The van der Waals surface area contributed by atoms with Crippen molar-refractivity contribution in [2.45, 2.75) is 32.0 Å². The van der Waals surface area contributed by atoms with Crippen LogP contribution in [0.15, 0.2) is 29.4 Å². The fraction of sp³-hybridized carbons (Fsp3) is 0.400. The maximum Gasteiger partial charge on any atom is 0.225 e. The number of carbonyl (C=O) groups excluding carboxylic acids is 1. The number of tetrazole rings is 1. The summed E-state index contributed by atoms with van der Waals surface area (Å²) in [6, 6.07) is 8.99. The first-order valence-electron chi connectivity index (χ1n) is 7.28. The lowest BCUT2D eigenvalue weighted by Gasteiger charge is -2.07. The minimum absolute atomic E-state index is 0.136. The molecule has 0 aliphatic heterocycles. The lowest BCUT2D eigenvalue weighted by atomic mass is 10.2. The molecule has 7 nitrogen and oxygen atoms in total. The highest BCUT2D eigenvalue weighted by atomic mass is 32.2. The first kappa shape index (κ1) is 17.0. The number of amides is 1. The maximum absolute atomic E-state index is 12.0. The third-order valence-electron chi connectivity index (χ3n) is 2.92. The Kier molecular flexibility index (Phi) is 6.11. The lowest BCUT2D eigenvalue weighted by molar-refractivity contribution is -0.115. The van der Waals surface area contributed by atoms with E-state index in [-0.39, 0.29) is 5.91 Å². The van der Waals surface area contributed by atoms with Gasteiger partial charge in [0.05, 0.1) is 11.3 Å². The number of thioether (sulfide) groups is 1. The van der Waals surface area contributed by atoms with E-state index < -0.39 is 0 Å². The van der Waals surface area contributed by atoms with Crippen LogP contribution < -0.4 is 5.32 Å². The van der Waals surface area contributed by atoms with Gasteiger partial charge in [0.15, 0.2) is 0 Å². The molecular formula is C15H18N6OS. The number of anilines is 1. The van der Waals surface area contributed by atoms with Gasteiger partial charge in [0.1, 0.15) is 6.07 Å². The topological polar surface area (TPSA) is 96.5 Å². The second-order valence-electron chi connectivity index (χ2n) is 5.34. The molecule has 0 saturated heterocycles. The molecule has 0 radical (unpaired) electrons. The quantitative estimate of drug-likeness (QED) is 0.783. The number of carbonyl (C=O) groups is 1. The number of para-hydroxylation sites is 1. The first-order chi connectivity index (χ1) is 11.1. The third-order valence-corrected chi connectivity index (χ3v) is 3.88. The molecule has 1 aromatic heterocycles. The van der Waals surface area contributed by atoms with E-state index in [1.165, 1.54) is 11.8 Å². The molecule has 2 aromatic rings. The predicted octanol–water partition coefficient (Wildman–Crippen LogP) is 2.32. The number of nitriles is 1. The average molecular weight is 330 g/mol. The van der Waals surface area contributed by atoms with Crippen molar-refractivity contribution >= 4 is 23.4 Å². The zero-order valence-electron chi connectivity index (χ0n) is 13.1. The molecule has 0 aliphatic carbocycles. The SMILES string of the molecule is CC(C)Cn1nnnc1SCCC(=O)Nc1ccccc1C#N. The molecule has 0 atom stereocenters. The van der Waals surface area contributed by atoms with E-state index >= 15 is 0 Å². The number of benzene rings is 1. The molecule has 120 valence electrons. The largest absolute Gasteiger partial charge is 0.325 e. The monoisotopic (exact) mass is 330 g/mol. The Labute approximate surface area is 139 Å². The van der Waals surface area contributed by atoms with Gasteiger partial charge < -0.3 is 5.32 Å². The Bertz CT molecular complexity index is 706. The van der Waals surface area contributed by atoms with Gasteiger partial charge in [-0.2, -0.15) is 5.26 Å². The summed E-state index contributed by atoms with van der Waals surface area (Å²) in [5.74, 6) is 0.880. The van der Waals surface area contributed by atoms with E-state index in [9.17, 15) is 4.79 Å². The minimum atomic E-state index is -0.136. The molecule has 1 amide bonds. The van der Waals surface area contributed by atoms with Crippen LogP contribution >= 0.6 is 11.8 Å². The fourth-order valence-electron chi connectivity index (χ4n) is 1.90. The molecule has 1 heterocycles. The second-order valence-corrected chi connectivity index (χ2v) is 6.40. The Balaban J connectivity index is 1.84. The Morgan fingerprint density at radius 3 is 2.96 bits per heavy atom. The summed E-state index contributed by atoms with van der Waals surface area (Å²) in [6.07, 6.45) is 0.318. The van der Waals surface area contributed by atoms with Crippen LogP contribution in [-0.4, -0.2) is 31.9 Å². The van der Waals surface area contributed by atoms with Crippen molar-refractivity contribution < 1.29 is 4.79 Å². The van der Waals surface area contributed by atoms with Crippen LogP contribution in [0.1, 0.15) is 25.8 Å². The highest BCUT2D eigenvalue weighted by Gasteiger charge is 2.10. The lowest BCUT2D eigenvalue weighted by Crippen LogP contribution is -2.13. The summed E-state index contributed by atoms with van der Waals surface area (Å²) in [4.78, 5) is 12.0. The van der Waals surface area contributed by atoms with Crippen molar-refractivity contribution in [1.29, 1.82) is 5.26 Å². The van der Waals surface area contributed by atoms with E-state index in [2.05, 4.69) is 40.8 Å². The molecule has 0 aliphatic rings. The summed E-state index contributed by atoms with van der Waals surface area (Å²) in [5.41, 5.74) is 0.990. The van der Waals surface area contributed by atoms with Crippen LogP contribution in [0.5, 0.6) is 0 Å². The van der Waals surface area contributed by atoms with E-state index in [1.54, 1.807) is 28.9 Å². The van der Waals surface area contributed by atoms with Gasteiger partial charge in [-0.25, -0.2) is 4.68 Å². The number of nitrogens with zero attached hydrogens (tertiary/aromatic N) is 5. The zero-order chi connectivity index (χ0) is 16.7. The molecule has 8 heteroatoms. The summed E-state index contributed by atoms with van der Waals surface area (Å²) < 4.78 is 1.75. The molecule has 1 aromatic carbocycles. The van der Waals surface area contributed by atoms with E-state index in [1.807, 2.05) is 0 Å². The fourth-order valence-corrected chi connectivity index (χ4v) is 2.72. The Morgan fingerprint density at radius 1 is 1.43 bits per heavy atom. The second kappa shape index (κ2) is 8.29. The smallest absolute Gasteiger partial charge is 0.225 e. The maximum atomic E-state index is 12.0. The van der Waals surface area contributed by atoms with Gasteiger partial charge in [-0.1, -0.05) is 37.7 Å². The normalized spacial score (nSPS) is 10.5. The molecular weight excluding hydrogens is 312 g/mol. The molecule has 0 saturated carbocycles. The standard InChI is InChI=1S/C15H18N6OS/c1-11(2)10-21-15(18-19-20-21)23-8-7-14(22)17-13-6-4-3-5-12(13)9-16/h3-6,11H,7-8,10H2,1-2H3,(H,17,22). The molecule has 0 bridgehead atoms. The minimum Gasteiger partial charge on any atom is -0.325 e. The van der Waals surface area contributed by atoms with Gasteiger partial charge in [-0.3, -0.25) is 4.79 Å². The number of nitrogens with one attached hydrogen (secondary N) is 1. The number of hydrogen-bond donors (Lipinski definition) is 1. The zero-order valence-corrected chi connectivity index (χ0v) is 13.9. The van der Waals surface area contributed by atoms with Gasteiger partial charge in [-0.05, 0) is 28.5 Å². The van der Waals surface area contributed by atoms with Crippen molar-refractivity contribution in [3.63, 3.8) is 0 Å². The molecule has 0 fully saturated rings. The number of aromatic nitrogens is 4. The van der Waals surface area contributed by atoms with Gasteiger partial charge >= 0.3 is 0 Å². The molecule has 1 N–H and O–H groups in total. The van der Waals surface area contributed by atoms with Crippen LogP contribution in [-0.2, 0) is 11.3 Å². The van der Waals surface area contributed by atoms with Crippen LogP contribution in [0.25, 0.3) is 0 Å². The van der Waals surface area contributed by atoms with Crippen LogP contribution in [0.3, 0.4) is 0 Å². The highest BCUT2D eigenvalue weighted by molar-refractivity contribution is 7.99. The van der Waals surface area contributed by atoms with Crippen LogP contribution in [0.4, 0.5) is 5.69 Å². The first-order valence-corrected chi connectivity index (χ1v) is 8.26. The van der Waals surface area contributed by atoms with E-state index in [4.69, 9.17) is 5.26 Å². The van der Waals surface area contributed by atoms with Crippen LogP contribution in [0, 0.1) is 17.2 Å². The van der Waals surface area contributed by atoms with Gasteiger partial charge in [-0.15, -0.1) is 5.10 Å². The van der Waals surface area contributed by atoms with E-state index in [0.29, 0.717) is 34.5 Å². The third kappa shape index (κ3) is 5.07. The van der Waals surface area contributed by atoms with Crippen molar-refractivity contribution in [1.82, 2.24) is 20.2 Å². The van der Waals surface area contributed by atoms with Crippen molar-refractivity contribution in [3.05, 3.63) is 29.8 Å². The average Bonchev–Trinajstić information content (AvgIpc) is 2.94. The Hall–Kier alpha value is -2.40. The summed E-state index contributed by atoms with van der Waals surface area (Å²) >= 11 is 1.45. The van der Waals surface area contributed by atoms with Crippen molar-refractivity contribution in [2.75, 3.05) is 11.1 Å². The van der Waals surface area contributed by atoms with Crippen LogP contribution in [0.2, 0.25) is 0 Å². The number of rotatable bonds is 7. The summed E-state index contributed by atoms with van der Waals surface area (Å²) in [5, 5.41) is 24.1. The number of hydrogen-bond acceptors (Lipinski definition) is 6. The molecule has 23 heavy (non-hydrogen) atoms. The van der Waals surface area contributed by atoms with Crippen molar-refractivity contribution in [2.24, 2.45) is 5.92 Å². The summed E-state index contributed by atoms with van der Waals surface area (Å²) in [6.45, 7) is 4.93. The summed E-state index contributed by atoms with van der Waals surface area (Å²) in [7, 11) is 0. The van der Waals surface area contributed by atoms with Gasteiger partial charge in [0.2, 0.25) is 11.1 Å². The Morgan fingerprint density at radius 2 is 2.22 bits per heavy atom.